The third-order valence-corrected chi connectivity index (χ3v) is 4.68. The lowest BCUT2D eigenvalue weighted by atomic mass is 10.1. The minimum Gasteiger partial charge on any atom is -0.491 e. The Kier molecular flexibility index (Phi) is 12.9. The first-order valence-electron chi connectivity index (χ1n) is 9.56. The molecular weight excluding hydrogens is 485 g/mol. The monoisotopic (exact) mass is 517 g/mol. The summed E-state index contributed by atoms with van der Waals surface area (Å²) < 4.78 is 11.3. The highest BCUT2D eigenvalue weighted by Gasteiger charge is 2.05. The Labute approximate surface area is 190 Å². The fourth-order valence-electron chi connectivity index (χ4n) is 2.55. The average Bonchev–Trinajstić information content (AvgIpc) is 3.18. The van der Waals surface area contributed by atoms with Crippen LogP contribution in [-0.2, 0) is 17.7 Å². The molecule has 1 heterocycles. The summed E-state index contributed by atoms with van der Waals surface area (Å²) in [6, 6.07) is 8.41. The van der Waals surface area contributed by atoms with Crippen molar-refractivity contribution in [1.29, 1.82) is 0 Å². The molecule has 1 aromatic carbocycles. The normalized spacial score (nSPS) is 11.0. The number of ether oxygens (including phenoxy) is 2. The molecule has 0 saturated heterocycles. The van der Waals surface area contributed by atoms with Crippen molar-refractivity contribution in [2.75, 3.05) is 32.9 Å². The van der Waals surface area contributed by atoms with Crippen LogP contribution < -0.4 is 15.4 Å². The quantitative estimate of drug-likeness (QED) is 0.201. The van der Waals surface area contributed by atoms with Gasteiger partial charge in [-0.05, 0) is 61.2 Å². The highest BCUT2D eigenvalue weighted by Crippen LogP contribution is 2.21. The van der Waals surface area contributed by atoms with Gasteiger partial charge in [0.15, 0.2) is 5.96 Å². The van der Waals surface area contributed by atoms with E-state index in [0.29, 0.717) is 26.4 Å². The lowest BCUT2D eigenvalue weighted by Gasteiger charge is -2.13. The van der Waals surface area contributed by atoms with Crippen molar-refractivity contribution in [2.45, 2.75) is 33.7 Å². The number of benzene rings is 1. The van der Waals surface area contributed by atoms with Crippen molar-refractivity contribution in [3.63, 3.8) is 0 Å². The zero-order valence-corrected chi connectivity index (χ0v) is 20.1. The van der Waals surface area contributed by atoms with Gasteiger partial charge in [0.2, 0.25) is 0 Å². The number of hydrogen-bond acceptors (Lipinski definition) is 4. The summed E-state index contributed by atoms with van der Waals surface area (Å²) in [4.78, 5) is 4.72. The van der Waals surface area contributed by atoms with Crippen LogP contribution in [0.4, 0.5) is 0 Å². The zero-order chi connectivity index (χ0) is 19.3. The molecule has 0 aliphatic rings. The molecule has 0 bridgehead atoms. The first-order chi connectivity index (χ1) is 13.2. The molecule has 0 spiro atoms. The van der Waals surface area contributed by atoms with Gasteiger partial charge in [-0.15, -0.1) is 24.0 Å². The van der Waals surface area contributed by atoms with E-state index in [0.717, 1.165) is 36.8 Å². The second kappa shape index (κ2) is 14.6. The van der Waals surface area contributed by atoms with Gasteiger partial charge >= 0.3 is 0 Å². The van der Waals surface area contributed by atoms with E-state index in [4.69, 9.17) is 14.5 Å². The molecule has 0 fully saturated rings. The number of halogens is 1. The number of nitrogens with zero attached hydrogens (tertiary/aromatic N) is 1. The third kappa shape index (κ3) is 9.25. The molecule has 2 rings (SSSR count). The van der Waals surface area contributed by atoms with Gasteiger partial charge in [-0.1, -0.05) is 12.1 Å². The van der Waals surface area contributed by atoms with E-state index in [-0.39, 0.29) is 24.0 Å². The zero-order valence-electron chi connectivity index (χ0n) is 17.0. The van der Waals surface area contributed by atoms with Crippen molar-refractivity contribution in [3.05, 3.63) is 51.7 Å². The molecule has 0 aliphatic heterocycles. The van der Waals surface area contributed by atoms with Crippen molar-refractivity contribution in [3.8, 4) is 5.75 Å². The Bertz CT molecular complexity index is 693. The highest BCUT2D eigenvalue weighted by molar-refractivity contribution is 14.0. The molecule has 5 nitrogen and oxygen atoms in total. The van der Waals surface area contributed by atoms with Gasteiger partial charge in [-0.25, -0.2) is 4.99 Å². The van der Waals surface area contributed by atoms with Gasteiger partial charge in [0.05, 0.1) is 13.2 Å². The molecule has 0 atom stereocenters. The molecule has 2 aromatic rings. The van der Waals surface area contributed by atoms with Gasteiger partial charge in [0, 0.05) is 25.3 Å². The summed E-state index contributed by atoms with van der Waals surface area (Å²) in [5, 5.41) is 11.0. The maximum absolute atomic E-state index is 5.91. The minimum absolute atomic E-state index is 0. The van der Waals surface area contributed by atoms with Crippen molar-refractivity contribution in [1.82, 2.24) is 10.6 Å². The van der Waals surface area contributed by atoms with E-state index in [1.165, 1.54) is 11.1 Å². The first-order valence-corrected chi connectivity index (χ1v) is 10.5. The summed E-state index contributed by atoms with van der Waals surface area (Å²) in [6.07, 6.45) is 0.990. The third-order valence-electron chi connectivity index (χ3n) is 3.95. The molecule has 156 valence electrons. The Morgan fingerprint density at radius 3 is 2.71 bits per heavy atom. The van der Waals surface area contributed by atoms with Gasteiger partial charge in [0.25, 0.3) is 0 Å². The molecule has 0 amide bonds. The fraction of sp³-hybridized carbons (Fsp3) is 0.476. The van der Waals surface area contributed by atoms with E-state index in [2.05, 4.69) is 59.5 Å². The number of rotatable bonds is 11. The van der Waals surface area contributed by atoms with E-state index in [1.54, 1.807) is 11.3 Å². The lowest BCUT2D eigenvalue weighted by Crippen LogP contribution is -2.38. The number of aryl methyl sites for hydroxylation is 1. The van der Waals surface area contributed by atoms with Crippen LogP contribution in [0.25, 0.3) is 0 Å². The molecule has 0 saturated carbocycles. The molecule has 0 unspecified atom stereocenters. The molecular formula is C21H32IN3O2S. The van der Waals surface area contributed by atoms with Crippen molar-refractivity contribution in [2.24, 2.45) is 4.99 Å². The summed E-state index contributed by atoms with van der Waals surface area (Å²) in [7, 11) is 0. The molecule has 28 heavy (non-hydrogen) atoms. The smallest absolute Gasteiger partial charge is 0.191 e. The molecule has 2 N–H and O–H groups in total. The van der Waals surface area contributed by atoms with Crippen LogP contribution in [-0.4, -0.2) is 38.9 Å². The van der Waals surface area contributed by atoms with Crippen LogP contribution in [0.1, 0.15) is 30.5 Å². The molecule has 0 aliphatic carbocycles. The van der Waals surface area contributed by atoms with Crippen LogP contribution in [0.2, 0.25) is 0 Å². The van der Waals surface area contributed by atoms with Crippen LogP contribution in [0.15, 0.2) is 40.0 Å². The Morgan fingerprint density at radius 2 is 2.00 bits per heavy atom. The number of thiophene rings is 1. The predicted molar refractivity (Wildman–Crippen MR) is 129 cm³/mol. The summed E-state index contributed by atoms with van der Waals surface area (Å²) in [5.41, 5.74) is 3.61. The Hall–Kier alpha value is -1.32. The maximum atomic E-state index is 5.91. The largest absolute Gasteiger partial charge is 0.491 e. The summed E-state index contributed by atoms with van der Waals surface area (Å²) >= 11 is 1.73. The van der Waals surface area contributed by atoms with E-state index < -0.39 is 0 Å². The van der Waals surface area contributed by atoms with Crippen LogP contribution in [0, 0.1) is 6.92 Å². The maximum Gasteiger partial charge on any atom is 0.191 e. The average molecular weight is 517 g/mol. The van der Waals surface area contributed by atoms with Crippen LogP contribution in [0.5, 0.6) is 5.75 Å². The van der Waals surface area contributed by atoms with E-state index in [9.17, 15) is 0 Å². The minimum atomic E-state index is 0. The van der Waals surface area contributed by atoms with E-state index in [1.807, 2.05) is 6.92 Å². The fourth-order valence-corrected chi connectivity index (χ4v) is 3.25. The number of nitrogens with one attached hydrogen (secondary N) is 2. The summed E-state index contributed by atoms with van der Waals surface area (Å²) in [5.74, 6) is 1.71. The number of guanidine groups is 1. The first kappa shape index (κ1) is 24.7. The second-order valence-electron chi connectivity index (χ2n) is 6.16. The van der Waals surface area contributed by atoms with Crippen molar-refractivity contribution >= 4 is 41.3 Å². The Balaban J connectivity index is 0.00000392. The van der Waals surface area contributed by atoms with Gasteiger partial charge in [-0.3, -0.25) is 0 Å². The Morgan fingerprint density at radius 1 is 1.14 bits per heavy atom. The molecule has 7 heteroatoms. The van der Waals surface area contributed by atoms with Gasteiger partial charge in [0.1, 0.15) is 12.4 Å². The van der Waals surface area contributed by atoms with E-state index >= 15 is 0 Å². The summed E-state index contributed by atoms with van der Waals surface area (Å²) in [6.45, 7) is 10.2. The molecule has 0 radical (unpaired) electrons. The predicted octanol–water partition coefficient (Wildman–Crippen LogP) is 4.39. The topological polar surface area (TPSA) is 54.9 Å². The number of aliphatic imine (C=N–C) groups is 1. The second-order valence-corrected chi connectivity index (χ2v) is 6.94. The SMILES string of the molecule is CCNC(=NCc1ccc(C)cc1OCCOCC)NCCc1ccsc1.I. The number of hydrogen-bond donors (Lipinski definition) is 2. The highest BCUT2D eigenvalue weighted by atomic mass is 127. The van der Waals surface area contributed by atoms with Crippen LogP contribution in [0.3, 0.4) is 0 Å². The lowest BCUT2D eigenvalue weighted by molar-refractivity contribution is 0.110. The van der Waals surface area contributed by atoms with Crippen molar-refractivity contribution < 1.29 is 9.47 Å². The van der Waals surface area contributed by atoms with Crippen LogP contribution >= 0.6 is 35.3 Å². The van der Waals surface area contributed by atoms with Gasteiger partial charge in [-0.2, -0.15) is 11.3 Å². The van der Waals surface area contributed by atoms with Gasteiger partial charge < -0.3 is 20.1 Å². The standard InChI is InChI=1S/C21H31N3O2S.HI/c1-4-22-21(23-10-8-18-9-13-27-16-18)24-15-19-7-6-17(3)14-20(19)26-12-11-25-5-2;/h6-7,9,13-14,16H,4-5,8,10-12,15H2,1-3H3,(H2,22,23,24);1H. The molecule has 1 aromatic heterocycles.